The van der Waals surface area contributed by atoms with Crippen molar-refractivity contribution < 1.29 is 4.74 Å². The lowest BCUT2D eigenvalue weighted by atomic mass is 10.0. The van der Waals surface area contributed by atoms with Crippen LogP contribution in [0.1, 0.15) is 18.4 Å². The largest absolute Gasteiger partial charge is 0.496 e. The van der Waals surface area contributed by atoms with Crippen molar-refractivity contribution in [2.24, 2.45) is 0 Å². The van der Waals surface area contributed by atoms with Crippen LogP contribution < -0.4 is 4.74 Å². The Kier molecular flexibility index (Phi) is 4.47. The zero-order valence-corrected chi connectivity index (χ0v) is 13.1. The maximum atomic E-state index is 6.12. The topological polar surface area (TPSA) is 12.5 Å². The Balaban J connectivity index is 1.93. The molecule has 0 atom stereocenters. The summed E-state index contributed by atoms with van der Waals surface area (Å²) in [6.45, 7) is 3.43. The molecule has 0 spiro atoms. The maximum absolute atomic E-state index is 6.12. The van der Waals surface area contributed by atoms with Gasteiger partial charge >= 0.3 is 0 Å². The number of ether oxygens (including phenoxy) is 1. The van der Waals surface area contributed by atoms with Crippen molar-refractivity contribution in [3.8, 4) is 16.9 Å². The molecule has 3 rings (SSSR count). The first-order valence-electron chi connectivity index (χ1n) is 7.41. The fraction of sp³-hybridized carbons (Fsp3) is 0.333. The van der Waals surface area contributed by atoms with Crippen molar-refractivity contribution in [2.75, 3.05) is 20.2 Å². The number of rotatable bonds is 4. The van der Waals surface area contributed by atoms with Crippen LogP contribution in [0.25, 0.3) is 11.1 Å². The van der Waals surface area contributed by atoms with E-state index in [1.165, 1.54) is 31.5 Å². The van der Waals surface area contributed by atoms with Crippen molar-refractivity contribution in [1.29, 1.82) is 0 Å². The standard InChI is InChI=1S/C18H20ClNO/c1-21-18-8-7-14(13-20-9-2-3-10-20)11-17(18)15-5-4-6-16(19)12-15/h4-8,11-12H,2-3,9-10,13H2,1H3. The number of likely N-dealkylation sites (tertiary alicyclic amines) is 1. The van der Waals surface area contributed by atoms with Gasteiger partial charge in [-0.3, -0.25) is 4.90 Å². The zero-order valence-electron chi connectivity index (χ0n) is 12.3. The van der Waals surface area contributed by atoms with E-state index < -0.39 is 0 Å². The molecule has 0 saturated carbocycles. The van der Waals surface area contributed by atoms with Crippen LogP contribution in [0, 0.1) is 0 Å². The minimum Gasteiger partial charge on any atom is -0.496 e. The van der Waals surface area contributed by atoms with Crippen molar-refractivity contribution >= 4 is 11.6 Å². The first-order chi connectivity index (χ1) is 10.3. The quantitative estimate of drug-likeness (QED) is 0.817. The minimum absolute atomic E-state index is 0.750. The average molecular weight is 302 g/mol. The molecule has 0 bridgehead atoms. The van der Waals surface area contributed by atoms with E-state index in [1.54, 1.807) is 7.11 Å². The van der Waals surface area contributed by atoms with E-state index in [0.29, 0.717) is 0 Å². The van der Waals surface area contributed by atoms with Crippen molar-refractivity contribution in [1.82, 2.24) is 4.90 Å². The molecule has 0 N–H and O–H groups in total. The summed E-state index contributed by atoms with van der Waals surface area (Å²) in [5.74, 6) is 0.891. The van der Waals surface area contributed by atoms with Crippen LogP contribution in [0.15, 0.2) is 42.5 Å². The summed E-state index contributed by atoms with van der Waals surface area (Å²) in [4.78, 5) is 2.50. The molecule has 1 heterocycles. The van der Waals surface area contributed by atoms with Crippen molar-refractivity contribution in [3.63, 3.8) is 0 Å². The van der Waals surface area contributed by atoms with E-state index >= 15 is 0 Å². The number of nitrogens with zero attached hydrogens (tertiary/aromatic N) is 1. The highest BCUT2D eigenvalue weighted by Gasteiger charge is 2.13. The normalized spacial score (nSPS) is 15.3. The van der Waals surface area contributed by atoms with Crippen LogP contribution in [0.3, 0.4) is 0 Å². The Hall–Kier alpha value is -1.51. The molecule has 2 aromatic carbocycles. The second-order valence-corrected chi connectivity index (χ2v) is 5.96. The molecule has 0 amide bonds. The Morgan fingerprint density at radius 3 is 2.62 bits per heavy atom. The zero-order chi connectivity index (χ0) is 14.7. The molecule has 110 valence electrons. The smallest absolute Gasteiger partial charge is 0.126 e. The fourth-order valence-corrected chi connectivity index (χ4v) is 3.12. The Morgan fingerprint density at radius 1 is 1.10 bits per heavy atom. The third kappa shape index (κ3) is 3.39. The van der Waals surface area contributed by atoms with Gasteiger partial charge in [-0.15, -0.1) is 0 Å². The molecular weight excluding hydrogens is 282 g/mol. The van der Waals surface area contributed by atoms with Gasteiger partial charge in [0, 0.05) is 17.1 Å². The van der Waals surface area contributed by atoms with E-state index in [-0.39, 0.29) is 0 Å². The number of hydrogen-bond acceptors (Lipinski definition) is 2. The van der Waals surface area contributed by atoms with Crippen LogP contribution in [-0.4, -0.2) is 25.1 Å². The third-order valence-electron chi connectivity index (χ3n) is 4.00. The lowest BCUT2D eigenvalue weighted by molar-refractivity contribution is 0.331. The van der Waals surface area contributed by atoms with Gasteiger partial charge in [0.2, 0.25) is 0 Å². The van der Waals surface area contributed by atoms with Crippen LogP contribution >= 0.6 is 11.6 Å². The van der Waals surface area contributed by atoms with E-state index in [0.717, 1.165) is 28.4 Å². The SMILES string of the molecule is COc1ccc(CN2CCCC2)cc1-c1cccc(Cl)c1. The molecule has 2 aromatic rings. The number of halogens is 1. The van der Waals surface area contributed by atoms with E-state index in [4.69, 9.17) is 16.3 Å². The summed E-state index contributed by atoms with van der Waals surface area (Å²) in [5, 5.41) is 0.750. The summed E-state index contributed by atoms with van der Waals surface area (Å²) < 4.78 is 5.51. The van der Waals surface area contributed by atoms with Crippen LogP contribution in [0.2, 0.25) is 5.02 Å². The highest BCUT2D eigenvalue weighted by molar-refractivity contribution is 6.30. The van der Waals surface area contributed by atoms with Gasteiger partial charge in [-0.25, -0.2) is 0 Å². The molecule has 1 aliphatic heterocycles. The first kappa shape index (κ1) is 14.4. The molecule has 0 radical (unpaired) electrons. The van der Waals surface area contributed by atoms with Gasteiger partial charge in [0.25, 0.3) is 0 Å². The average Bonchev–Trinajstić information content (AvgIpc) is 3.00. The predicted molar refractivity (Wildman–Crippen MR) is 88.0 cm³/mol. The second kappa shape index (κ2) is 6.50. The van der Waals surface area contributed by atoms with Crippen molar-refractivity contribution in [3.05, 3.63) is 53.1 Å². The summed E-state index contributed by atoms with van der Waals surface area (Å²) in [6.07, 6.45) is 2.63. The molecule has 0 unspecified atom stereocenters. The summed E-state index contributed by atoms with van der Waals surface area (Å²) in [5.41, 5.74) is 3.53. The molecule has 1 fully saturated rings. The predicted octanol–water partition coefficient (Wildman–Crippen LogP) is 4.61. The van der Waals surface area contributed by atoms with Crippen LogP contribution in [-0.2, 0) is 6.54 Å². The van der Waals surface area contributed by atoms with Gasteiger partial charge < -0.3 is 4.74 Å². The molecule has 3 heteroatoms. The third-order valence-corrected chi connectivity index (χ3v) is 4.24. The number of benzene rings is 2. The highest BCUT2D eigenvalue weighted by atomic mass is 35.5. The van der Waals surface area contributed by atoms with Gasteiger partial charge in [0.1, 0.15) is 5.75 Å². The second-order valence-electron chi connectivity index (χ2n) is 5.53. The molecule has 21 heavy (non-hydrogen) atoms. The van der Waals surface area contributed by atoms with E-state index in [1.807, 2.05) is 18.2 Å². The maximum Gasteiger partial charge on any atom is 0.126 e. The van der Waals surface area contributed by atoms with Gasteiger partial charge in [0.05, 0.1) is 7.11 Å². The monoisotopic (exact) mass is 301 g/mol. The van der Waals surface area contributed by atoms with Crippen LogP contribution in [0.4, 0.5) is 0 Å². The van der Waals surface area contributed by atoms with Crippen LogP contribution in [0.5, 0.6) is 5.75 Å². The number of methoxy groups -OCH3 is 1. The Bertz CT molecular complexity index is 620. The molecule has 0 aromatic heterocycles. The lowest BCUT2D eigenvalue weighted by Crippen LogP contribution is -2.18. The molecular formula is C18H20ClNO. The minimum atomic E-state index is 0.750. The Labute approximate surface area is 131 Å². The van der Waals surface area contributed by atoms with Crippen molar-refractivity contribution in [2.45, 2.75) is 19.4 Å². The van der Waals surface area contributed by atoms with Gasteiger partial charge in [0.15, 0.2) is 0 Å². The molecule has 0 aliphatic carbocycles. The fourth-order valence-electron chi connectivity index (χ4n) is 2.93. The van der Waals surface area contributed by atoms with E-state index in [2.05, 4.69) is 29.2 Å². The lowest BCUT2D eigenvalue weighted by Gasteiger charge is -2.17. The first-order valence-corrected chi connectivity index (χ1v) is 7.79. The van der Waals surface area contributed by atoms with Gasteiger partial charge in [-0.2, -0.15) is 0 Å². The Morgan fingerprint density at radius 2 is 1.90 bits per heavy atom. The molecule has 1 aliphatic rings. The summed E-state index contributed by atoms with van der Waals surface area (Å²) in [7, 11) is 1.71. The van der Waals surface area contributed by atoms with Gasteiger partial charge in [-0.05, 0) is 61.3 Å². The molecule has 2 nitrogen and oxygen atoms in total. The van der Waals surface area contributed by atoms with Gasteiger partial charge in [-0.1, -0.05) is 29.8 Å². The van der Waals surface area contributed by atoms with E-state index in [9.17, 15) is 0 Å². The summed E-state index contributed by atoms with van der Waals surface area (Å²) >= 11 is 6.12. The molecule has 1 saturated heterocycles. The summed E-state index contributed by atoms with van der Waals surface area (Å²) in [6, 6.07) is 14.4. The highest BCUT2D eigenvalue weighted by Crippen LogP contribution is 2.32. The number of hydrogen-bond donors (Lipinski definition) is 0.